The van der Waals surface area contributed by atoms with Crippen LogP contribution in [0.2, 0.25) is 0 Å². The topological polar surface area (TPSA) is 67.3 Å². The lowest BCUT2D eigenvalue weighted by molar-refractivity contribution is 0.395. The van der Waals surface area contributed by atoms with E-state index in [9.17, 15) is 0 Å². The minimum Gasteiger partial charge on any atom is -0.480 e. The van der Waals surface area contributed by atoms with Crippen LogP contribution in [-0.2, 0) is 0 Å². The highest BCUT2D eigenvalue weighted by atomic mass is 16.5. The van der Waals surface area contributed by atoms with Gasteiger partial charge in [-0.1, -0.05) is 0 Å². The number of piperazine rings is 1. The van der Waals surface area contributed by atoms with Gasteiger partial charge in [0, 0.05) is 32.4 Å². The lowest BCUT2D eigenvalue weighted by Gasteiger charge is -2.36. The van der Waals surface area contributed by atoms with E-state index in [1.165, 1.54) is 0 Å². The Morgan fingerprint density at radius 2 is 1.68 bits per heavy atom. The second-order valence-electron chi connectivity index (χ2n) is 5.31. The Hall–Kier alpha value is -2.44. The van der Waals surface area contributed by atoms with Gasteiger partial charge >= 0.3 is 0 Å². The minimum absolute atomic E-state index is 0.542. The van der Waals surface area contributed by atoms with E-state index < -0.39 is 0 Å². The van der Waals surface area contributed by atoms with Gasteiger partial charge in [-0.3, -0.25) is 9.97 Å². The molecule has 0 aliphatic carbocycles. The van der Waals surface area contributed by atoms with Crippen molar-refractivity contribution in [1.82, 2.24) is 19.9 Å². The Morgan fingerprint density at radius 3 is 2.41 bits per heavy atom. The van der Waals surface area contributed by atoms with E-state index in [0.717, 1.165) is 49.2 Å². The highest BCUT2D eigenvalue weighted by Crippen LogP contribution is 2.20. The van der Waals surface area contributed by atoms with Crippen molar-refractivity contribution in [2.24, 2.45) is 0 Å². The quantitative estimate of drug-likeness (QED) is 0.844. The molecule has 0 aromatic carbocycles. The van der Waals surface area contributed by atoms with Crippen molar-refractivity contribution in [1.29, 1.82) is 0 Å². The van der Waals surface area contributed by atoms with Crippen molar-refractivity contribution in [3.05, 3.63) is 30.0 Å². The third-order valence-corrected chi connectivity index (χ3v) is 3.76. The van der Waals surface area contributed by atoms with Crippen LogP contribution in [0.5, 0.6) is 5.88 Å². The number of nitrogens with zero attached hydrogens (tertiary/aromatic N) is 6. The molecule has 3 rings (SSSR count). The van der Waals surface area contributed by atoms with Crippen LogP contribution in [-0.4, -0.2) is 53.2 Å². The fraction of sp³-hybridized carbons (Fsp3) is 0.467. The smallest absolute Gasteiger partial charge is 0.233 e. The van der Waals surface area contributed by atoms with Crippen molar-refractivity contribution in [3.63, 3.8) is 0 Å². The highest BCUT2D eigenvalue weighted by molar-refractivity contribution is 5.47. The molecule has 2 aromatic heterocycles. The Kier molecular flexibility index (Phi) is 4.04. The molecule has 0 bridgehead atoms. The fourth-order valence-corrected chi connectivity index (χ4v) is 2.56. The predicted molar refractivity (Wildman–Crippen MR) is 84.5 cm³/mol. The number of hydrogen-bond acceptors (Lipinski definition) is 7. The summed E-state index contributed by atoms with van der Waals surface area (Å²) in [7, 11) is 1.60. The molecule has 1 saturated heterocycles. The SMILES string of the molecule is COc1cncc(N2CCN(c3nc(C)cnc3C)CC2)n1. The minimum atomic E-state index is 0.542. The van der Waals surface area contributed by atoms with Gasteiger partial charge in [-0.05, 0) is 13.8 Å². The summed E-state index contributed by atoms with van der Waals surface area (Å²) in [5.41, 5.74) is 1.92. The van der Waals surface area contributed by atoms with Crippen molar-refractivity contribution in [2.45, 2.75) is 13.8 Å². The number of ether oxygens (including phenoxy) is 1. The number of hydrogen-bond donors (Lipinski definition) is 0. The molecular weight excluding hydrogens is 280 g/mol. The number of aromatic nitrogens is 4. The van der Waals surface area contributed by atoms with E-state index in [0.29, 0.717) is 5.88 Å². The maximum Gasteiger partial charge on any atom is 0.233 e. The molecule has 0 amide bonds. The molecular formula is C15H20N6O. The van der Waals surface area contributed by atoms with E-state index in [1.54, 1.807) is 25.7 Å². The molecule has 0 unspecified atom stereocenters. The zero-order chi connectivity index (χ0) is 15.5. The highest BCUT2D eigenvalue weighted by Gasteiger charge is 2.21. The Labute approximate surface area is 130 Å². The fourth-order valence-electron chi connectivity index (χ4n) is 2.56. The third kappa shape index (κ3) is 2.93. The predicted octanol–water partition coefficient (Wildman–Crippen LogP) is 1.22. The molecule has 22 heavy (non-hydrogen) atoms. The second kappa shape index (κ2) is 6.13. The van der Waals surface area contributed by atoms with Gasteiger partial charge in [0.05, 0.1) is 30.9 Å². The first kappa shape index (κ1) is 14.5. The zero-order valence-corrected chi connectivity index (χ0v) is 13.2. The summed E-state index contributed by atoms with van der Waals surface area (Å²) in [6.45, 7) is 7.49. The zero-order valence-electron chi connectivity index (χ0n) is 13.2. The molecule has 3 heterocycles. The normalized spacial score (nSPS) is 15.0. The molecule has 0 N–H and O–H groups in total. The average Bonchev–Trinajstić information content (AvgIpc) is 2.57. The number of aryl methyl sites for hydroxylation is 2. The largest absolute Gasteiger partial charge is 0.480 e. The van der Waals surface area contributed by atoms with Crippen LogP contribution in [0, 0.1) is 13.8 Å². The van der Waals surface area contributed by atoms with Gasteiger partial charge in [0.25, 0.3) is 0 Å². The van der Waals surface area contributed by atoms with Crippen LogP contribution in [0.3, 0.4) is 0 Å². The van der Waals surface area contributed by atoms with Crippen molar-refractivity contribution < 1.29 is 4.74 Å². The van der Waals surface area contributed by atoms with Gasteiger partial charge in [0.1, 0.15) is 5.82 Å². The van der Waals surface area contributed by atoms with Crippen LogP contribution in [0.25, 0.3) is 0 Å². The summed E-state index contributed by atoms with van der Waals surface area (Å²) in [5, 5.41) is 0. The van der Waals surface area contributed by atoms with Gasteiger partial charge < -0.3 is 14.5 Å². The van der Waals surface area contributed by atoms with Crippen LogP contribution in [0.1, 0.15) is 11.4 Å². The second-order valence-corrected chi connectivity index (χ2v) is 5.31. The first-order valence-electron chi connectivity index (χ1n) is 7.33. The van der Waals surface area contributed by atoms with Crippen LogP contribution < -0.4 is 14.5 Å². The van der Waals surface area contributed by atoms with E-state index >= 15 is 0 Å². The van der Waals surface area contributed by atoms with Gasteiger partial charge in [-0.15, -0.1) is 0 Å². The van der Waals surface area contributed by atoms with Crippen LogP contribution in [0.15, 0.2) is 18.6 Å². The Bertz CT molecular complexity index is 654. The van der Waals surface area contributed by atoms with E-state index in [1.807, 2.05) is 13.8 Å². The Morgan fingerprint density at radius 1 is 0.955 bits per heavy atom. The summed E-state index contributed by atoms with van der Waals surface area (Å²) in [6, 6.07) is 0. The molecule has 0 spiro atoms. The van der Waals surface area contributed by atoms with Crippen molar-refractivity contribution >= 4 is 11.6 Å². The molecule has 1 fully saturated rings. The van der Waals surface area contributed by atoms with Gasteiger partial charge in [-0.2, -0.15) is 4.98 Å². The molecule has 1 aliphatic rings. The third-order valence-electron chi connectivity index (χ3n) is 3.76. The summed E-state index contributed by atoms with van der Waals surface area (Å²) < 4.78 is 5.14. The molecule has 0 saturated carbocycles. The summed E-state index contributed by atoms with van der Waals surface area (Å²) in [6.07, 6.45) is 5.20. The first-order valence-corrected chi connectivity index (χ1v) is 7.33. The molecule has 116 valence electrons. The van der Waals surface area contributed by atoms with E-state index in [4.69, 9.17) is 4.74 Å². The molecule has 0 atom stereocenters. The molecule has 0 radical (unpaired) electrons. The summed E-state index contributed by atoms with van der Waals surface area (Å²) >= 11 is 0. The lowest BCUT2D eigenvalue weighted by atomic mass is 10.3. The monoisotopic (exact) mass is 300 g/mol. The number of anilines is 2. The number of rotatable bonds is 3. The number of methoxy groups -OCH3 is 1. The lowest BCUT2D eigenvalue weighted by Crippen LogP contribution is -2.47. The van der Waals surface area contributed by atoms with Crippen LogP contribution >= 0.6 is 0 Å². The maximum absolute atomic E-state index is 5.14. The van der Waals surface area contributed by atoms with Gasteiger partial charge in [0.2, 0.25) is 5.88 Å². The van der Waals surface area contributed by atoms with Gasteiger partial charge in [0.15, 0.2) is 5.82 Å². The Balaban J connectivity index is 1.71. The molecule has 7 heteroatoms. The summed E-state index contributed by atoms with van der Waals surface area (Å²) in [4.78, 5) is 22.1. The molecule has 7 nitrogen and oxygen atoms in total. The van der Waals surface area contributed by atoms with Crippen LogP contribution in [0.4, 0.5) is 11.6 Å². The van der Waals surface area contributed by atoms with Gasteiger partial charge in [-0.25, -0.2) is 4.98 Å². The first-order chi connectivity index (χ1) is 10.7. The maximum atomic E-state index is 5.14. The summed E-state index contributed by atoms with van der Waals surface area (Å²) in [5.74, 6) is 2.38. The van der Waals surface area contributed by atoms with E-state index in [2.05, 4.69) is 29.7 Å². The van der Waals surface area contributed by atoms with E-state index in [-0.39, 0.29) is 0 Å². The average molecular weight is 300 g/mol. The van der Waals surface area contributed by atoms with Crippen molar-refractivity contribution in [2.75, 3.05) is 43.1 Å². The molecule has 2 aromatic rings. The van der Waals surface area contributed by atoms with Crippen molar-refractivity contribution in [3.8, 4) is 5.88 Å². The molecule has 1 aliphatic heterocycles. The standard InChI is InChI=1S/C15H20N6O/c1-11-8-17-12(2)15(18-11)21-6-4-20(5-7-21)13-9-16-10-14(19-13)22-3/h8-10H,4-7H2,1-3H3.